The number of hydrogen-bond donors (Lipinski definition) is 2. The summed E-state index contributed by atoms with van der Waals surface area (Å²) < 4.78 is 5.18. The van der Waals surface area contributed by atoms with E-state index in [0.29, 0.717) is 17.0 Å². The molecule has 1 atom stereocenters. The molecule has 0 bridgehead atoms. The maximum atomic E-state index is 12.1. The fourth-order valence-electron chi connectivity index (χ4n) is 1.72. The van der Waals surface area contributed by atoms with Crippen LogP contribution in [0.4, 0.5) is 5.69 Å². The summed E-state index contributed by atoms with van der Waals surface area (Å²) in [5.41, 5.74) is 6.75. The molecule has 106 valence electrons. The van der Waals surface area contributed by atoms with E-state index in [1.54, 1.807) is 18.2 Å². The summed E-state index contributed by atoms with van der Waals surface area (Å²) in [6.45, 7) is 2.92. The number of carbonyl (C=O) groups is 1. The van der Waals surface area contributed by atoms with E-state index < -0.39 is 0 Å². The van der Waals surface area contributed by atoms with Gasteiger partial charge in [-0.2, -0.15) is 0 Å². The second kappa shape index (κ2) is 6.99. The standard InChI is InChI=1S/C14H23N3O2/c1-10(7-8-17(2)3)16-14(18)12-6-5-11(15)9-13(12)19-4/h5-6,9-10H,7-8,15H2,1-4H3,(H,16,18). The van der Waals surface area contributed by atoms with Gasteiger partial charge in [0.1, 0.15) is 5.75 Å². The Kier molecular flexibility index (Phi) is 5.63. The molecule has 0 aliphatic heterocycles. The molecule has 0 heterocycles. The number of amides is 1. The van der Waals surface area contributed by atoms with Gasteiger partial charge in [0, 0.05) is 17.8 Å². The highest BCUT2D eigenvalue weighted by Crippen LogP contribution is 2.21. The van der Waals surface area contributed by atoms with Crippen molar-refractivity contribution in [2.24, 2.45) is 0 Å². The molecular formula is C14H23N3O2. The average Bonchev–Trinajstić information content (AvgIpc) is 2.35. The van der Waals surface area contributed by atoms with Crippen molar-refractivity contribution in [1.29, 1.82) is 0 Å². The minimum atomic E-state index is -0.136. The number of nitrogen functional groups attached to an aromatic ring is 1. The van der Waals surface area contributed by atoms with Crippen molar-refractivity contribution >= 4 is 11.6 Å². The molecule has 0 aliphatic rings. The van der Waals surface area contributed by atoms with Crippen LogP contribution in [0.2, 0.25) is 0 Å². The average molecular weight is 265 g/mol. The molecule has 1 unspecified atom stereocenters. The summed E-state index contributed by atoms with van der Waals surface area (Å²) >= 11 is 0. The van der Waals surface area contributed by atoms with Crippen LogP contribution in [0.5, 0.6) is 5.75 Å². The van der Waals surface area contributed by atoms with Crippen LogP contribution >= 0.6 is 0 Å². The zero-order valence-corrected chi connectivity index (χ0v) is 12.1. The highest BCUT2D eigenvalue weighted by atomic mass is 16.5. The van der Waals surface area contributed by atoms with Gasteiger partial charge in [0.05, 0.1) is 12.7 Å². The van der Waals surface area contributed by atoms with Gasteiger partial charge < -0.3 is 20.7 Å². The van der Waals surface area contributed by atoms with Gasteiger partial charge in [0.25, 0.3) is 5.91 Å². The van der Waals surface area contributed by atoms with Crippen molar-refractivity contribution in [3.05, 3.63) is 23.8 Å². The Morgan fingerprint density at radius 2 is 2.16 bits per heavy atom. The molecule has 19 heavy (non-hydrogen) atoms. The lowest BCUT2D eigenvalue weighted by atomic mass is 10.1. The van der Waals surface area contributed by atoms with Crippen molar-refractivity contribution < 1.29 is 9.53 Å². The number of ether oxygens (including phenoxy) is 1. The van der Waals surface area contributed by atoms with Crippen molar-refractivity contribution in [2.75, 3.05) is 33.5 Å². The number of methoxy groups -OCH3 is 1. The Hall–Kier alpha value is -1.75. The van der Waals surface area contributed by atoms with Crippen LogP contribution in [0.15, 0.2) is 18.2 Å². The Bertz CT molecular complexity index is 433. The molecule has 0 aliphatic carbocycles. The molecule has 5 nitrogen and oxygen atoms in total. The van der Waals surface area contributed by atoms with Gasteiger partial charge in [-0.15, -0.1) is 0 Å². The normalized spacial score (nSPS) is 12.3. The Labute approximate surface area is 114 Å². The van der Waals surface area contributed by atoms with Crippen LogP contribution in [0.3, 0.4) is 0 Å². The first-order valence-corrected chi connectivity index (χ1v) is 6.33. The van der Waals surface area contributed by atoms with E-state index in [2.05, 4.69) is 10.2 Å². The maximum absolute atomic E-state index is 12.1. The molecule has 5 heteroatoms. The zero-order valence-electron chi connectivity index (χ0n) is 12.1. The molecule has 1 rings (SSSR count). The van der Waals surface area contributed by atoms with Crippen LogP contribution < -0.4 is 15.8 Å². The molecule has 1 amide bonds. The number of hydrogen-bond acceptors (Lipinski definition) is 4. The third-order valence-electron chi connectivity index (χ3n) is 2.86. The predicted octanol–water partition coefficient (Wildman–Crippen LogP) is 1.35. The second-order valence-corrected chi connectivity index (χ2v) is 4.93. The third-order valence-corrected chi connectivity index (χ3v) is 2.86. The summed E-state index contributed by atoms with van der Waals surface area (Å²) in [5, 5.41) is 2.96. The molecule has 0 radical (unpaired) electrons. The Morgan fingerprint density at radius 1 is 1.47 bits per heavy atom. The minimum Gasteiger partial charge on any atom is -0.496 e. The Balaban J connectivity index is 2.67. The number of anilines is 1. The van der Waals surface area contributed by atoms with Crippen LogP contribution in [-0.2, 0) is 0 Å². The van der Waals surface area contributed by atoms with E-state index in [1.807, 2.05) is 21.0 Å². The van der Waals surface area contributed by atoms with Crippen LogP contribution in [0.25, 0.3) is 0 Å². The summed E-state index contributed by atoms with van der Waals surface area (Å²) in [7, 11) is 5.55. The van der Waals surface area contributed by atoms with E-state index >= 15 is 0 Å². The molecule has 3 N–H and O–H groups in total. The molecule has 0 saturated heterocycles. The number of nitrogens with one attached hydrogen (secondary N) is 1. The van der Waals surface area contributed by atoms with E-state index in [0.717, 1.165) is 13.0 Å². The molecule has 0 saturated carbocycles. The number of benzene rings is 1. The van der Waals surface area contributed by atoms with E-state index in [4.69, 9.17) is 10.5 Å². The highest BCUT2D eigenvalue weighted by molar-refractivity contribution is 5.97. The summed E-state index contributed by atoms with van der Waals surface area (Å²) in [6, 6.07) is 5.14. The zero-order chi connectivity index (χ0) is 14.4. The quantitative estimate of drug-likeness (QED) is 0.762. The lowest BCUT2D eigenvalue weighted by Crippen LogP contribution is -2.35. The van der Waals surface area contributed by atoms with Crippen LogP contribution in [0, 0.1) is 0 Å². The first-order chi connectivity index (χ1) is 8.93. The van der Waals surface area contributed by atoms with E-state index in [-0.39, 0.29) is 11.9 Å². The van der Waals surface area contributed by atoms with Gasteiger partial charge in [0.15, 0.2) is 0 Å². The topological polar surface area (TPSA) is 67.6 Å². The third kappa shape index (κ3) is 4.79. The smallest absolute Gasteiger partial charge is 0.255 e. The first-order valence-electron chi connectivity index (χ1n) is 6.33. The minimum absolute atomic E-state index is 0.108. The van der Waals surface area contributed by atoms with Gasteiger partial charge in [-0.25, -0.2) is 0 Å². The number of nitrogens with zero attached hydrogens (tertiary/aromatic N) is 1. The van der Waals surface area contributed by atoms with Gasteiger partial charge >= 0.3 is 0 Å². The molecule has 0 spiro atoms. The van der Waals surface area contributed by atoms with Gasteiger partial charge in [0.2, 0.25) is 0 Å². The maximum Gasteiger partial charge on any atom is 0.255 e. The van der Waals surface area contributed by atoms with Crippen molar-refractivity contribution in [1.82, 2.24) is 10.2 Å². The monoisotopic (exact) mass is 265 g/mol. The van der Waals surface area contributed by atoms with Crippen LogP contribution in [-0.4, -0.2) is 44.6 Å². The summed E-state index contributed by atoms with van der Waals surface area (Å²) in [6.07, 6.45) is 0.899. The predicted molar refractivity (Wildman–Crippen MR) is 77.5 cm³/mol. The lowest BCUT2D eigenvalue weighted by Gasteiger charge is -2.17. The molecular weight excluding hydrogens is 242 g/mol. The molecule has 0 fully saturated rings. The van der Waals surface area contributed by atoms with Crippen molar-refractivity contribution in [3.63, 3.8) is 0 Å². The van der Waals surface area contributed by atoms with Gasteiger partial charge in [-0.3, -0.25) is 4.79 Å². The molecule has 1 aromatic rings. The second-order valence-electron chi connectivity index (χ2n) is 4.93. The molecule has 0 aromatic heterocycles. The van der Waals surface area contributed by atoms with Gasteiger partial charge in [-0.05, 0) is 46.1 Å². The Morgan fingerprint density at radius 3 is 2.74 bits per heavy atom. The van der Waals surface area contributed by atoms with E-state index in [1.165, 1.54) is 7.11 Å². The van der Waals surface area contributed by atoms with Crippen molar-refractivity contribution in [3.8, 4) is 5.75 Å². The number of rotatable bonds is 6. The highest BCUT2D eigenvalue weighted by Gasteiger charge is 2.14. The largest absolute Gasteiger partial charge is 0.496 e. The summed E-state index contributed by atoms with van der Waals surface area (Å²) in [5.74, 6) is 0.361. The number of nitrogens with two attached hydrogens (primary N) is 1. The van der Waals surface area contributed by atoms with Gasteiger partial charge in [-0.1, -0.05) is 0 Å². The fraction of sp³-hybridized carbons (Fsp3) is 0.500. The SMILES string of the molecule is COc1cc(N)ccc1C(=O)NC(C)CCN(C)C. The van der Waals surface area contributed by atoms with Crippen molar-refractivity contribution in [2.45, 2.75) is 19.4 Å². The summed E-state index contributed by atoms with van der Waals surface area (Å²) in [4.78, 5) is 14.2. The first kappa shape index (κ1) is 15.3. The fourth-order valence-corrected chi connectivity index (χ4v) is 1.72. The molecule has 1 aromatic carbocycles. The number of carbonyl (C=O) groups excluding carboxylic acids is 1. The van der Waals surface area contributed by atoms with Crippen LogP contribution in [0.1, 0.15) is 23.7 Å². The van der Waals surface area contributed by atoms with E-state index in [9.17, 15) is 4.79 Å². The lowest BCUT2D eigenvalue weighted by molar-refractivity contribution is 0.0934.